The van der Waals surface area contributed by atoms with Gasteiger partial charge in [-0.1, -0.05) is 59.1 Å². The molecule has 3 aliphatic heterocycles. The number of fused-ring (bicyclic) bond motifs is 6. The number of carbonyl (C=O) groups excluding carboxylic acids is 3. The molecule has 37 heavy (non-hydrogen) atoms. The van der Waals surface area contributed by atoms with Gasteiger partial charge in [-0.25, -0.2) is 0 Å². The van der Waals surface area contributed by atoms with E-state index in [4.69, 9.17) is 23.2 Å². The third-order valence-corrected chi connectivity index (χ3v) is 8.58. The number of Topliss-reactive ketones (excluding diaryl/α,β-unsaturated/α-hetero) is 2. The average molecular weight is 531 g/mol. The normalized spacial score (nSPS) is 25.3. The summed E-state index contributed by atoms with van der Waals surface area (Å²) in [4.78, 5) is 44.1. The van der Waals surface area contributed by atoms with Gasteiger partial charge in [-0.15, -0.1) is 0 Å². The number of hydrogen-bond acceptors (Lipinski definition) is 4. The first-order valence-electron chi connectivity index (χ1n) is 12.1. The van der Waals surface area contributed by atoms with Crippen LogP contribution < -0.4 is 10.2 Å². The molecule has 4 atom stereocenters. The van der Waals surface area contributed by atoms with E-state index in [9.17, 15) is 14.4 Å². The molecule has 6 rings (SSSR count). The zero-order chi connectivity index (χ0) is 26.2. The number of rotatable bonds is 3. The number of halogens is 2. The predicted molar refractivity (Wildman–Crippen MR) is 147 cm³/mol. The lowest BCUT2D eigenvalue weighted by molar-refractivity contribution is -0.122. The molecule has 1 saturated heterocycles. The first kappa shape index (κ1) is 24.0. The Labute approximate surface area is 225 Å². The minimum Gasteiger partial charge on any atom is -0.352 e. The summed E-state index contributed by atoms with van der Waals surface area (Å²) in [6.45, 7) is 5.52. The van der Waals surface area contributed by atoms with Crippen LogP contribution in [-0.4, -0.2) is 29.6 Å². The van der Waals surface area contributed by atoms with Crippen LogP contribution in [0.1, 0.15) is 40.9 Å². The molecule has 1 N–H and O–H groups in total. The molecule has 1 spiro atoms. The summed E-state index contributed by atoms with van der Waals surface area (Å²) in [6.07, 6.45) is 2.04. The SMILES string of the molecule is CC(=O)C1C(C(=O)c2ccc(Cl)cc2Cl)C2(C(=O)Nc3ccccc32)C2C=C(C)c3cc(C)ccc3N12. The van der Waals surface area contributed by atoms with Gasteiger partial charge in [0.2, 0.25) is 5.91 Å². The van der Waals surface area contributed by atoms with Crippen LogP contribution >= 0.6 is 23.2 Å². The highest BCUT2D eigenvalue weighted by Crippen LogP contribution is 2.58. The Morgan fingerprint density at radius 1 is 1.00 bits per heavy atom. The van der Waals surface area contributed by atoms with Gasteiger partial charge in [-0.3, -0.25) is 14.4 Å². The van der Waals surface area contributed by atoms with Crippen LogP contribution in [0.25, 0.3) is 5.57 Å². The number of para-hydroxylation sites is 1. The molecule has 3 aromatic rings. The van der Waals surface area contributed by atoms with E-state index in [0.29, 0.717) is 16.3 Å². The molecule has 1 amide bonds. The van der Waals surface area contributed by atoms with Crippen molar-refractivity contribution in [2.24, 2.45) is 5.92 Å². The summed E-state index contributed by atoms with van der Waals surface area (Å²) in [5, 5.41) is 3.61. The van der Waals surface area contributed by atoms with Crippen molar-refractivity contribution in [2.45, 2.75) is 38.3 Å². The van der Waals surface area contributed by atoms with Crippen molar-refractivity contribution in [3.05, 3.63) is 99.0 Å². The molecule has 1 fully saturated rings. The van der Waals surface area contributed by atoms with Gasteiger partial charge in [-0.05, 0) is 68.3 Å². The summed E-state index contributed by atoms with van der Waals surface area (Å²) < 4.78 is 0. The topological polar surface area (TPSA) is 66.5 Å². The van der Waals surface area contributed by atoms with Gasteiger partial charge in [-0.2, -0.15) is 0 Å². The van der Waals surface area contributed by atoms with Crippen molar-refractivity contribution in [3.63, 3.8) is 0 Å². The summed E-state index contributed by atoms with van der Waals surface area (Å²) in [6, 6.07) is 16.7. The van der Waals surface area contributed by atoms with Crippen molar-refractivity contribution < 1.29 is 14.4 Å². The molecule has 5 nitrogen and oxygen atoms in total. The fraction of sp³-hybridized carbons (Fsp3) is 0.233. The molecular formula is C30H24Cl2N2O3. The molecule has 0 aromatic heterocycles. The standard InChI is InChI=1S/C30H24Cl2N2O3/c1-15-8-11-24-20(12-15)16(2)13-25-30(21-6-4-5-7-23(21)33-29(30)37)26(27(17(3)35)34(24)25)28(36)19-10-9-18(31)14-22(19)32/h4-14,25-27H,1-3H3,(H,33,37). The first-order valence-corrected chi connectivity index (χ1v) is 12.9. The van der Waals surface area contributed by atoms with Gasteiger partial charge in [0, 0.05) is 27.5 Å². The van der Waals surface area contributed by atoms with Gasteiger partial charge < -0.3 is 10.2 Å². The van der Waals surface area contributed by atoms with Crippen LogP contribution in [0.3, 0.4) is 0 Å². The number of allylic oxidation sites excluding steroid dienone is 1. The third-order valence-electron chi connectivity index (χ3n) is 8.03. The lowest BCUT2D eigenvalue weighted by Crippen LogP contribution is -2.51. The zero-order valence-corrected chi connectivity index (χ0v) is 22.0. The fourth-order valence-electron chi connectivity index (χ4n) is 6.56. The number of carbonyl (C=O) groups is 3. The number of aryl methyl sites for hydroxylation is 1. The summed E-state index contributed by atoms with van der Waals surface area (Å²) in [7, 11) is 0. The van der Waals surface area contributed by atoms with Crippen LogP contribution in [-0.2, 0) is 15.0 Å². The highest BCUT2D eigenvalue weighted by Gasteiger charge is 2.70. The number of ketones is 2. The van der Waals surface area contributed by atoms with Crippen LogP contribution in [0.5, 0.6) is 0 Å². The van der Waals surface area contributed by atoms with Crippen LogP contribution in [0.2, 0.25) is 10.0 Å². The monoisotopic (exact) mass is 530 g/mol. The summed E-state index contributed by atoms with van der Waals surface area (Å²) >= 11 is 12.6. The molecule has 0 bridgehead atoms. The minimum absolute atomic E-state index is 0.189. The maximum atomic E-state index is 14.5. The fourth-order valence-corrected chi connectivity index (χ4v) is 7.06. The van der Waals surface area contributed by atoms with Gasteiger partial charge in [0.1, 0.15) is 5.41 Å². The van der Waals surface area contributed by atoms with Crippen molar-refractivity contribution in [1.29, 1.82) is 0 Å². The lowest BCUT2D eigenvalue weighted by atomic mass is 9.64. The molecule has 3 aliphatic rings. The summed E-state index contributed by atoms with van der Waals surface area (Å²) in [5.74, 6) is -1.87. The Morgan fingerprint density at radius 2 is 1.76 bits per heavy atom. The van der Waals surface area contributed by atoms with Gasteiger partial charge in [0.15, 0.2) is 11.6 Å². The van der Waals surface area contributed by atoms with Gasteiger partial charge in [0.25, 0.3) is 0 Å². The van der Waals surface area contributed by atoms with Crippen LogP contribution in [0.15, 0.2) is 66.7 Å². The van der Waals surface area contributed by atoms with Crippen LogP contribution in [0.4, 0.5) is 11.4 Å². The second kappa shape index (κ2) is 8.30. The zero-order valence-electron chi connectivity index (χ0n) is 20.5. The molecule has 186 valence electrons. The Balaban J connectivity index is 1.69. The van der Waals surface area contributed by atoms with E-state index in [1.807, 2.05) is 61.2 Å². The number of nitrogens with zero attached hydrogens (tertiary/aromatic N) is 1. The van der Waals surface area contributed by atoms with Crippen molar-refractivity contribution in [3.8, 4) is 0 Å². The Kier molecular flexibility index (Phi) is 5.38. The Morgan fingerprint density at radius 3 is 2.49 bits per heavy atom. The largest absolute Gasteiger partial charge is 0.352 e. The average Bonchev–Trinajstić information content (AvgIpc) is 3.32. The van der Waals surface area contributed by atoms with Crippen molar-refractivity contribution in [1.82, 2.24) is 0 Å². The Bertz CT molecular complexity index is 1560. The van der Waals surface area contributed by atoms with Gasteiger partial charge in [0.05, 0.1) is 23.0 Å². The quantitative estimate of drug-likeness (QED) is 0.406. The lowest BCUT2D eigenvalue weighted by Gasteiger charge is -2.39. The smallest absolute Gasteiger partial charge is 0.238 e. The third kappa shape index (κ3) is 3.20. The second-order valence-electron chi connectivity index (χ2n) is 10.1. The van der Waals surface area contributed by atoms with E-state index in [1.54, 1.807) is 12.1 Å². The Hall–Kier alpha value is -3.41. The van der Waals surface area contributed by atoms with Gasteiger partial charge >= 0.3 is 0 Å². The van der Waals surface area contributed by atoms with Crippen LogP contribution in [0, 0.1) is 12.8 Å². The minimum atomic E-state index is -1.34. The van der Waals surface area contributed by atoms with Crippen molar-refractivity contribution >= 4 is 57.6 Å². The molecule has 3 heterocycles. The number of benzene rings is 3. The molecule has 3 aromatic carbocycles. The maximum Gasteiger partial charge on any atom is 0.238 e. The van der Waals surface area contributed by atoms with Crippen molar-refractivity contribution in [2.75, 3.05) is 10.2 Å². The second-order valence-corrected chi connectivity index (χ2v) is 11.0. The molecule has 7 heteroatoms. The van der Waals surface area contributed by atoms with E-state index >= 15 is 0 Å². The number of anilines is 2. The van der Waals surface area contributed by atoms with E-state index in [2.05, 4.69) is 11.4 Å². The van der Waals surface area contributed by atoms with E-state index < -0.39 is 23.4 Å². The summed E-state index contributed by atoms with van der Waals surface area (Å²) in [5.41, 5.74) is 4.17. The van der Waals surface area contributed by atoms with E-state index in [-0.39, 0.29) is 28.1 Å². The maximum absolute atomic E-state index is 14.5. The van der Waals surface area contributed by atoms with E-state index in [0.717, 1.165) is 22.4 Å². The molecule has 4 unspecified atom stereocenters. The number of nitrogens with one attached hydrogen (secondary N) is 1. The number of hydrogen-bond donors (Lipinski definition) is 1. The highest BCUT2D eigenvalue weighted by molar-refractivity contribution is 6.37. The highest BCUT2D eigenvalue weighted by atomic mass is 35.5. The number of amides is 1. The molecule has 0 saturated carbocycles. The van der Waals surface area contributed by atoms with E-state index in [1.165, 1.54) is 13.0 Å². The first-order chi connectivity index (χ1) is 17.7. The molecule has 0 aliphatic carbocycles. The molecular weight excluding hydrogens is 507 g/mol. The predicted octanol–water partition coefficient (Wildman–Crippen LogP) is 6.25. The molecule has 0 radical (unpaired) electrons.